The second-order valence-corrected chi connectivity index (χ2v) is 5.26. The average molecular weight is 309 g/mol. The van der Waals surface area contributed by atoms with E-state index in [9.17, 15) is 0 Å². The third-order valence-electron chi connectivity index (χ3n) is 2.90. The van der Waals surface area contributed by atoms with Crippen molar-refractivity contribution in [3.8, 4) is 27.8 Å². The molecule has 0 fully saturated rings. The summed E-state index contributed by atoms with van der Waals surface area (Å²) in [6, 6.07) is 3.75. The van der Waals surface area contributed by atoms with E-state index >= 15 is 0 Å². The van der Waals surface area contributed by atoms with Gasteiger partial charge in [-0.15, -0.1) is 10.2 Å². The largest absolute Gasteiger partial charge is 0.493 e. The molecule has 1 heterocycles. The van der Waals surface area contributed by atoms with Gasteiger partial charge in [0.1, 0.15) is 10.0 Å². The second kappa shape index (κ2) is 7.24. The van der Waals surface area contributed by atoms with Crippen LogP contribution in [0.5, 0.6) is 17.2 Å². The van der Waals surface area contributed by atoms with Crippen LogP contribution < -0.4 is 19.5 Å². The van der Waals surface area contributed by atoms with Crippen LogP contribution in [0.1, 0.15) is 11.9 Å². The monoisotopic (exact) mass is 309 g/mol. The number of benzene rings is 1. The highest BCUT2D eigenvalue weighted by Gasteiger charge is 2.16. The average Bonchev–Trinajstić information content (AvgIpc) is 3.00. The minimum absolute atomic E-state index is 0.570. The normalized spacial score (nSPS) is 10.5. The summed E-state index contributed by atoms with van der Waals surface area (Å²) in [6.45, 7) is 3.68. The molecule has 21 heavy (non-hydrogen) atoms. The van der Waals surface area contributed by atoms with E-state index in [4.69, 9.17) is 14.2 Å². The van der Waals surface area contributed by atoms with Gasteiger partial charge in [-0.2, -0.15) is 0 Å². The predicted molar refractivity (Wildman–Crippen MR) is 82.4 cm³/mol. The molecule has 7 heteroatoms. The molecule has 1 aromatic heterocycles. The first kappa shape index (κ1) is 15.5. The van der Waals surface area contributed by atoms with Gasteiger partial charge in [0.25, 0.3) is 0 Å². The zero-order valence-electron chi connectivity index (χ0n) is 12.6. The zero-order valence-corrected chi connectivity index (χ0v) is 13.4. The van der Waals surface area contributed by atoms with Crippen LogP contribution in [0.2, 0.25) is 0 Å². The van der Waals surface area contributed by atoms with Crippen molar-refractivity contribution in [2.75, 3.05) is 27.9 Å². The maximum Gasteiger partial charge on any atom is 0.203 e. The number of nitrogens with zero attached hydrogens (tertiary/aromatic N) is 2. The van der Waals surface area contributed by atoms with Crippen molar-refractivity contribution in [1.29, 1.82) is 0 Å². The molecule has 6 nitrogen and oxygen atoms in total. The standard InChI is InChI=1S/C14H19N3O3S/c1-5-15-8-12-16-17-14(21-12)9-6-10(18-2)13(20-4)11(7-9)19-3/h6-7,15H,5,8H2,1-4H3. The fourth-order valence-electron chi connectivity index (χ4n) is 1.88. The quantitative estimate of drug-likeness (QED) is 0.847. The van der Waals surface area contributed by atoms with Gasteiger partial charge in [0.15, 0.2) is 11.5 Å². The minimum Gasteiger partial charge on any atom is -0.493 e. The molecule has 0 saturated carbocycles. The van der Waals surface area contributed by atoms with Crippen molar-refractivity contribution in [2.45, 2.75) is 13.5 Å². The lowest BCUT2D eigenvalue weighted by Gasteiger charge is -2.13. The van der Waals surface area contributed by atoms with Crippen molar-refractivity contribution < 1.29 is 14.2 Å². The van der Waals surface area contributed by atoms with Crippen LogP contribution in [0.15, 0.2) is 12.1 Å². The molecule has 0 aliphatic rings. The molecule has 0 amide bonds. The Morgan fingerprint density at radius 3 is 2.24 bits per heavy atom. The maximum absolute atomic E-state index is 5.35. The first-order valence-corrected chi connectivity index (χ1v) is 7.38. The van der Waals surface area contributed by atoms with Crippen LogP contribution in [-0.2, 0) is 6.54 Å². The molecule has 0 bridgehead atoms. The van der Waals surface area contributed by atoms with Crippen molar-refractivity contribution in [1.82, 2.24) is 15.5 Å². The van der Waals surface area contributed by atoms with E-state index in [1.54, 1.807) is 32.7 Å². The first-order chi connectivity index (χ1) is 10.2. The Hall–Kier alpha value is -1.86. The van der Waals surface area contributed by atoms with Gasteiger partial charge in [-0.05, 0) is 18.7 Å². The van der Waals surface area contributed by atoms with E-state index in [1.165, 1.54) is 0 Å². The molecule has 0 aliphatic heterocycles. The van der Waals surface area contributed by atoms with Gasteiger partial charge in [0.2, 0.25) is 5.75 Å². The molecule has 1 N–H and O–H groups in total. The van der Waals surface area contributed by atoms with Crippen LogP contribution in [-0.4, -0.2) is 38.1 Å². The Balaban J connectivity index is 2.37. The van der Waals surface area contributed by atoms with Crippen molar-refractivity contribution >= 4 is 11.3 Å². The predicted octanol–water partition coefficient (Wildman–Crippen LogP) is 2.34. The molecular formula is C14H19N3O3S. The minimum atomic E-state index is 0.570. The fraction of sp³-hybridized carbons (Fsp3) is 0.429. The van der Waals surface area contributed by atoms with E-state index in [0.29, 0.717) is 17.2 Å². The summed E-state index contributed by atoms with van der Waals surface area (Å²) in [5.74, 6) is 1.78. The van der Waals surface area contributed by atoms with Crippen molar-refractivity contribution in [3.63, 3.8) is 0 Å². The lowest BCUT2D eigenvalue weighted by molar-refractivity contribution is 0.324. The highest BCUT2D eigenvalue weighted by Crippen LogP contribution is 2.41. The van der Waals surface area contributed by atoms with Gasteiger partial charge < -0.3 is 19.5 Å². The molecule has 114 valence electrons. The van der Waals surface area contributed by atoms with Gasteiger partial charge in [-0.25, -0.2) is 0 Å². The number of hydrogen-bond donors (Lipinski definition) is 1. The highest BCUT2D eigenvalue weighted by molar-refractivity contribution is 7.14. The van der Waals surface area contributed by atoms with Crippen LogP contribution in [0.25, 0.3) is 10.6 Å². The smallest absolute Gasteiger partial charge is 0.203 e. The maximum atomic E-state index is 5.35. The summed E-state index contributed by atoms with van der Waals surface area (Å²) in [6.07, 6.45) is 0. The van der Waals surface area contributed by atoms with Gasteiger partial charge in [-0.1, -0.05) is 18.3 Å². The number of aromatic nitrogens is 2. The molecule has 2 rings (SSSR count). The van der Waals surface area contributed by atoms with E-state index < -0.39 is 0 Å². The fourth-order valence-corrected chi connectivity index (χ4v) is 2.67. The number of hydrogen-bond acceptors (Lipinski definition) is 7. The van der Waals surface area contributed by atoms with E-state index in [-0.39, 0.29) is 0 Å². The molecule has 0 atom stereocenters. The van der Waals surface area contributed by atoms with E-state index in [0.717, 1.165) is 28.7 Å². The number of rotatable bonds is 7. The third-order valence-corrected chi connectivity index (χ3v) is 3.88. The topological polar surface area (TPSA) is 65.5 Å². The SMILES string of the molecule is CCNCc1nnc(-c2cc(OC)c(OC)c(OC)c2)s1. The summed E-state index contributed by atoms with van der Waals surface area (Å²) in [4.78, 5) is 0. The Morgan fingerprint density at radius 2 is 1.71 bits per heavy atom. The molecule has 0 radical (unpaired) electrons. The van der Waals surface area contributed by atoms with Crippen LogP contribution in [0.3, 0.4) is 0 Å². The van der Waals surface area contributed by atoms with Crippen LogP contribution in [0, 0.1) is 0 Å². The zero-order chi connectivity index (χ0) is 15.2. The summed E-state index contributed by atoms with van der Waals surface area (Å²) in [5.41, 5.74) is 0.893. The molecular weight excluding hydrogens is 290 g/mol. The molecule has 0 unspecified atom stereocenters. The van der Waals surface area contributed by atoms with Gasteiger partial charge >= 0.3 is 0 Å². The molecule has 1 aromatic carbocycles. The second-order valence-electron chi connectivity index (χ2n) is 4.20. The number of methoxy groups -OCH3 is 3. The first-order valence-electron chi connectivity index (χ1n) is 6.57. The summed E-state index contributed by atoms with van der Waals surface area (Å²) in [5, 5.41) is 13.4. The van der Waals surface area contributed by atoms with Gasteiger partial charge in [-0.3, -0.25) is 0 Å². The molecule has 2 aromatic rings. The third kappa shape index (κ3) is 3.43. The van der Waals surface area contributed by atoms with E-state index in [2.05, 4.69) is 22.4 Å². The van der Waals surface area contributed by atoms with Crippen molar-refractivity contribution in [3.05, 3.63) is 17.1 Å². The number of nitrogens with one attached hydrogen (secondary N) is 1. The summed E-state index contributed by atoms with van der Waals surface area (Å²) < 4.78 is 16.0. The Labute approximate surface area is 128 Å². The Kier molecular flexibility index (Phi) is 5.35. The Morgan fingerprint density at radius 1 is 1.05 bits per heavy atom. The molecule has 0 aliphatic carbocycles. The Bertz CT molecular complexity index is 576. The van der Waals surface area contributed by atoms with Gasteiger partial charge in [0, 0.05) is 12.1 Å². The van der Waals surface area contributed by atoms with Crippen LogP contribution >= 0.6 is 11.3 Å². The molecule has 0 saturated heterocycles. The van der Waals surface area contributed by atoms with Crippen LogP contribution in [0.4, 0.5) is 0 Å². The molecule has 0 spiro atoms. The lowest BCUT2D eigenvalue weighted by Crippen LogP contribution is -2.11. The highest BCUT2D eigenvalue weighted by atomic mass is 32.1. The van der Waals surface area contributed by atoms with Gasteiger partial charge in [0.05, 0.1) is 21.3 Å². The van der Waals surface area contributed by atoms with E-state index in [1.807, 2.05) is 12.1 Å². The summed E-state index contributed by atoms with van der Waals surface area (Å²) in [7, 11) is 4.77. The number of ether oxygens (including phenoxy) is 3. The van der Waals surface area contributed by atoms with Crippen molar-refractivity contribution in [2.24, 2.45) is 0 Å². The summed E-state index contributed by atoms with van der Waals surface area (Å²) >= 11 is 1.54. The lowest BCUT2D eigenvalue weighted by atomic mass is 10.2.